The fraction of sp³-hybridized carbons (Fsp3) is 0.231. The number of nitrogen functional groups attached to an aromatic ring is 1. The number of anilines is 1. The van der Waals surface area contributed by atoms with Crippen molar-refractivity contribution in [2.24, 2.45) is 0 Å². The first kappa shape index (κ1) is 12.9. The second kappa shape index (κ2) is 6.44. The number of H-pyrrole nitrogens is 1. The molecule has 0 saturated heterocycles. The van der Waals surface area contributed by atoms with Gasteiger partial charge in [0, 0.05) is 11.9 Å². The van der Waals surface area contributed by atoms with Crippen LogP contribution >= 0.6 is 0 Å². The van der Waals surface area contributed by atoms with Gasteiger partial charge in [-0.05, 0) is 24.3 Å². The van der Waals surface area contributed by atoms with Crippen LogP contribution in [0.1, 0.15) is 12.1 Å². The van der Waals surface area contributed by atoms with E-state index in [2.05, 4.69) is 15.3 Å². The lowest BCUT2D eigenvalue weighted by Gasteiger charge is -2.06. The van der Waals surface area contributed by atoms with Crippen molar-refractivity contribution < 1.29 is 9.53 Å². The van der Waals surface area contributed by atoms with Gasteiger partial charge in [0.25, 0.3) is 0 Å². The molecule has 2 rings (SSSR count). The Morgan fingerprint density at radius 1 is 1.37 bits per heavy atom. The van der Waals surface area contributed by atoms with Crippen molar-refractivity contribution in [3.8, 4) is 5.75 Å². The van der Waals surface area contributed by atoms with Crippen molar-refractivity contribution in [2.45, 2.75) is 13.0 Å². The minimum absolute atomic E-state index is 0.0648. The first-order valence-electron chi connectivity index (χ1n) is 5.96. The summed E-state index contributed by atoms with van der Waals surface area (Å²) in [5.41, 5.74) is 7.11. The summed E-state index contributed by atoms with van der Waals surface area (Å²) in [4.78, 5) is 18.3. The van der Waals surface area contributed by atoms with Crippen molar-refractivity contribution in [3.63, 3.8) is 0 Å². The molecule has 1 amide bonds. The highest BCUT2D eigenvalue weighted by molar-refractivity contribution is 5.75. The van der Waals surface area contributed by atoms with Crippen molar-refractivity contribution in [1.29, 1.82) is 0 Å². The molecule has 0 saturated carbocycles. The summed E-state index contributed by atoms with van der Waals surface area (Å²) in [6.45, 7) is 0.777. The summed E-state index contributed by atoms with van der Waals surface area (Å²) >= 11 is 0. The van der Waals surface area contributed by atoms with Crippen molar-refractivity contribution in [2.75, 3.05) is 12.3 Å². The third-order valence-corrected chi connectivity index (χ3v) is 2.51. The number of nitrogens with one attached hydrogen (secondary N) is 2. The highest BCUT2D eigenvalue weighted by atomic mass is 16.5. The molecule has 2 aromatic rings. The predicted molar refractivity (Wildman–Crippen MR) is 71.4 cm³/mol. The summed E-state index contributed by atoms with van der Waals surface area (Å²) in [7, 11) is 0. The van der Waals surface area contributed by atoms with Crippen LogP contribution in [-0.2, 0) is 11.3 Å². The summed E-state index contributed by atoms with van der Waals surface area (Å²) in [5, 5.41) is 2.77. The molecule has 19 heavy (non-hydrogen) atoms. The second-order valence-corrected chi connectivity index (χ2v) is 4.02. The average molecular weight is 260 g/mol. The molecule has 0 unspecified atom stereocenters. The van der Waals surface area contributed by atoms with E-state index in [9.17, 15) is 4.79 Å². The Morgan fingerprint density at radius 3 is 2.84 bits per heavy atom. The maximum absolute atomic E-state index is 11.5. The number of imidazole rings is 1. The van der Waals surface area contributed by atoms with Crippen molar-refractivity contribution >= 4 is 11.6 Å². The molecule has 0 fully saturated rings. The van der Waals surface area contributed by atoms with Crippen molar-refractivity contribution in [1.82, 2.24) is 15.3 Å². The molecular formula is C13H16N4O2. The van der Waals surface area contributed by atoms with Gasteiger partial charge in [0.2, 0.25) is 5.91 Å². The van der Waals surface area contributed by atoms with E-state index < -0.39 is 0 Å². The van der Waals surface area contributed by atoms with Crippen LogP contribution in [0.3, 0.4) is 0 Å². The van der Waals surface area contributed by atoms with Gasteiger partial charge >= 0.3 is 0 Å². The van der Waals surface area contributed by atoms with E-state index in [1.54, 1.807) is 36.8 Å². The molecule has 0 bridgehead atoms. The summed E-state index contributed by atoms with van der Waals surface area (Å²) in [5.74, 6) is 0.639. The molecule has 100 valence electrons. The Morgan fingerprint density at radius 2 is 2.16 bits per heavy atom. The van der Waals surface area contributed by atoms with Gasteiger partial charge in [0.15, 0.2) is 0 Å². The molecule has 1 aromatic carbocycles. The van der Waals surface area contributed by atoms with E-state index in [4.69, 9.17) is 10.5 Å². The molecular weight excluding hydrogens is 244 g/mol. The third kappa shape index (κ3) is 4.34. The largest absolute Gasteiger partial charge is 0.493 e. The maximum Gasteiger partial charge on any atom is 0.223 e. The number of nitrogens with two attached hydrogens (primary N) is 1. The quantitative estimate of drug-likeness (QED) is 0.677. The minimum atomic E-state index is -0.0648. The number of nitrogens with zero attached hydrogens (tertiary/aromatic N) is 1. The van der Waals surface area contributed by atoms with Gasteiger partial charge < -0.3 is 20.8 Å². The number of amides is 1. The van der Waals surface area contributed by atoms with Crippen LogP contribution < -0.4 is 15.8 Å². The van der Waals surface area contributed by atoms with Crippen LogP contribution in [0.4, 0.5) is 5.69 Å². The van der Waals surface area contributed by atoms with Gasteiger partial charge in [-0.2, -0.15) is 0 Å². The van der Waals surface area contributed by atoms with Gasteiger partial charge in [-0.15, -0.1) is 0 Å². The number of rotatable bonds is 6. The monoisotopic (exact) mass is 260 g/mol. The minimum Gasteiger partial charge on any atom is -0.493 e. The molecule has 6 nitrogen and oxygen atoms in total. The lowest BCUT2D eigenvalue weighted by molar-refractivity contribution is -0.121. The van der Waals surface area contributed by atoms with Crippen LogP contribution in [0.2, 0.25) is 0 Å². The number of benzene rings is 1. The van der Waals surface area contributed by atoms with E-state index in [0.717, 1.165) is 5.69 Å². The van der Waals surface area contributed by atoms with Crippen LogP contribution in [0.5, 0.6) is 5.75 Å². The molecule has 1 aromatic heterocycles. The smallest absolute Gasteiger partial charge is 0.223 e. The van der Waals surface area contributed by atoms with Gasteiger partial charge in [-0.3, -0.25) is 4.79 Å². The number of carbonyl (C=O) groups excluding carboxylic acids is 1. The van der Waals surface area contributed by atoms with Crippen LogP contribution in [0, 0.1) is 0 Å². The zero-order chi connectivity index (χ0) is 13.5. The Kier molecular flexibility index (Phi) is 4.39. The molecule has 1 heterocycles. The second-order valence-electron chi connectivity index (χ2n) is 4.02. The molecule has 0 radical (unpaired) electrons. The first-order valence-corrected chi connectivity index (χ1v) is 5.96. The molecule has 6 heteroatoms. The lowest BCUT2D eigenvalue weighted by Crippen LogP contribution is -2.24. The summed E-state index contributed by atoms with van der Waals surface area (Å²) in [6, 6.07) is 7.07. The van der Waals surface area contributed by atoms with E-state index >= 15 is 0 Å². The molecule has 0 aliphatic carbocycles. The Hall–Kier alpha value is -2.50. The molecule has 0 aliphatic heterocycles. The number of carbonyl (C=O) groups is 1. The van der Waals surface area contributed by atoms with E-state index in [1.165, 1.54) is 0 Å². The van der Waals surface area contributed by atoms with Gasteiger partial charge in [-0.25, -0.2) is 4.98 Å². The molecule has 0 spiro atoms. The summed E-state index contributed by atoms with van der Waals surface area (Å²) in [6.07, 6.45) is 3.55. The number of hydrogen-bond donors (Lipinski definition) is 3. The number of hydrogen-bond acceptors (Lipinski definition) is 4. The van der Waals surface area contributed by atoms with Gasteiger partial charge in [0.05, 0.1) is 31.6 Å². The Balaban J connectivity index is 1.65. The average Bonchev–Trinajstić information content (AvgIpc) is 2.92. The van der Waals surface area contributed by atoms with E-state index in [-0.39, 0.29) is 5.91 Å². The molecule has 4 N–H and O–H groups in total. The zero-order valence-corrected chi connectivity index (χ0v) is 10.4. The van der Waals surface area contributed by atoms with E-state index in [1.807, 2.05) is 0 Å². The van der Waals surface area contributed by atoms with Gasteiger partial charge in [0.1, 0.15) is 5.75 Å². The third-order valence-electron chi connectivity index (χ3n) is 2.51. The van der Waals surface area contributed by atoms with Gasteiger partial charge in [-0.1, -0.05) is 0 Å². The standard InChI is InChI=1S/C13H16N4O2/c14-10-1-3-12(4-2-10)19-6-5-13(18)16-8-11-7-15-9-17-11/h1-4,7,9H,5-6,8,14H2,(H,15,17)(H,16,18). The van der Waals surface area contributed by atoms with E-state index in [0.29, 0.717) is 31.0 Å². The predicted octanol–water partition coefficient (Wildman–Crippen LogP) is 1.08. The zero-order valence-electron chi connectivity index (χ0n) is 10.4. The lowest BCUT2D eigenvalue weighted by atomic mass is 10.3. The number of aromatic nitrogens is 2. The number of ether oxygens (including phenoxy) is 1. The van der Waals surface area contributed by atoms with Crippen LogP contribution in [-0.4, -0.2) is 22.5 Å². The SMILES string of the molecule is Nc1ccc(OCCC(=O)NCc2cnc[nH]2)cc1. The topological polar surface area (TPSA) is 93.0 Å². The highest BCUT2D eigenvalue weighted by Gasteiger charge is 2.02. The normalized spacial score (nSPS) is 10.1. The fourth-order valence-electron chi connectivity index (χ4n) is 1.49. The van der Waals surface area contributed by atoms with Crippen LogP contribution in [0.25, 0.3) is 0 Å². The van der Waals surface area contributed by atoms with Crippen molar-refractivity contribution in [3.05, 3.63) is 42.5 Å². The highest BCUT2D eigenvalue weighted by Crippen LogP contribution is 2.12. The number of aromatic amines is 1. The molecule has 0 aliphatic rings. The fourth-order valence-corrected chi connectivity index (χ4v) is 1.49. The van der Waals surface area contributed by atoms with Crippen LogP contribution in [0.15, 0.2) is 36.8 Å². The maximum atomic E-state index is 11.5. The Bertz CT molecular complexity index is 508. The summed E-state index contributed by atoms with van der Waals surface area (Å²) < 4.78 is 5.43. The molecule has 0 atom stereocenters. The Labute approximate surface area is 111 Å². The first-order chi connectivity index (χ1) is 9.24.